The average Bonchev–Trinajstić information content (AvgIpc) is 2.97. The fraction of sp³-hybridized carbons (Fsp3) is 0.263. The standard InChI is InChI=1S/C19H19ClN2O3S2/c1-12-5-7-15(8-6-12)27(24,25)9-3-4-17(23)21-19-22-18-13(2)10-14(20)11-16(18)26-19/h5-8,10-11H,3-4,9H2,1-2H3,(H,21,22,23). The van der Waals surface area contributed by atoms with Gasteiger partial charge in [-0.3, -0.25) is 4.79 Å². The van der Waals surface area contributed by atoms with Crippen molar-refractivity contribution >= 4 is 54.0 Å². The molecule has 1 aromatic heterocycles. The molecule has 1 heterocycles. The molecule has 0 aliphatic heterocycles. The van der Waals surface area contributed by atoms with Crippen molar-refractivity contribution < 1.29 is 13.2 Å². The highest BCUT2D eigenvalue weighted by Crippen LogP contribution is 2.31. The van der Waals surface area contributed by atoms with E-state index in [0.29, 0.717) is 10.2 Å². The minimum Gasteiger partial charge on any atom is -0.302 e. The van der Waals surface area contributed by atoms with Gasteiger partial charge in [0.25, 0.3) is 0 Å². The lowest BCUT2D eigenvalue weighted by Gasteiger charge is -2.05. The quantitative estimate of drug-likeness (QED) is 0.621. The number of benzene rings is 2. The van der Waals surface area contributed by atoms with Gasteiger partial charge in [0.1, 0.15) is 0 Å². The lowest BCUT2D eigenvalue weighted by atomic mass is 10.2. The molecule has 0 aliphatic rings. The summed E-state index contributed by atoms with van der Waals surface area (Å²) in [7, 11) is -3.38. The fourth-order valence-electron chi connectivity index (χ4n) is 2.68. The maximum absolute atomic E-state index is 12.3. The molecule has 0 aliphatic carbocycles. The number of carbonyl (C=O) groups is 1. The van der Waals surface area contributed by atoms with Gasteiger partial charge in [-0.2, -0.15) is 0 Å². The highest BCUT2D eigenvalue weighted by atomic mass is 35.5. The van der Waals surface area contributed by atoms with E-state index in [-0.39, 0.29) is 29.4 Å². The van der Waals surface area contributed by atoms with E-state index in [1.54, 1.807) is 24.3 Å². The van der Waals surface area contributed by atoms with Crippen LogP contribution in [-0.4, -0.2) is 25.1 Å². The number of anilines is 1. The number of carbonyl (C=O) groups excluding carboxylic acids is 1. The maximum atomic E-state index is 12.3. The van der Waals surface area contributed by atoms with Gasteiger partial charge in [0.2, 0.25) is 5.91 Å². The second-order valence-corrected chi connectivity index (χ2v) is 9.95. The van der Waals surface area contributed by atoms with Gasteiger partial charge >= 0.3 is 0 Å². The highest BCUT2D eigenvalue weighted by Gasteiger charge is 2.16. The number of aromatic nitrogens is 1. The Bertz CT molecular complexity index is 1090. The lowest BCUT2D eigenvalue weighted by molar-refractivity contribution is -0.116. The summed E-state index contributed by atoms with van der Waals surface area (Å²) in [5.41, 5.74) is 2.75. The third-order valence-electron chi connectivity index (χ3n) is 4.09. The van der Waals surface area contributed by atoms with E-state index in [9.17, 15) is 13.2 Å². The van der Waals surface area contributed by atoms with Gasteiger partial charge < -0.3 is 5.32 Å². The summed E-state index contributed by atoms with van der Waals surface area (Å²) in [6.07, 6.45) is 0.360. The molecule has 142 valence electrons. The number of halogens is 1. The molecule has 1 amide bonds. The number of nitrogens with one attached hydrogen (secondary N) is 1. The normalized spacial score (nSPS) is 11.7. The number of nitrogens with zero attached hydrogens (tertiary/aromatic N) is 1. The Morgan fingerprint density at radius 3 is 2.59 bits per heavy atom. The molecule has 5 nitrogen and oxygen atoms in total. The van der Waals surface area contributed by atoms with E-state index >= 15 is 0 Å². The predicted molar refractivity (Wildman–Crippen MR) is 110 cm³/mol. The molecule has 0 atom stereocenters. The van der Waals surface area contributed by atoms with Gasteiger partial charge in [-0.25, -0.2) is 13.4 Å². The molecule has 3 rings (SSSR count). The average molecular weight is 423 g/mol. The van der Waals surface area contributed by atoms with Crippen molar-refractivity contribution in [2.75, 3.05) is 11.1 Å². The van der Waals surface area contributed by atoms with Crippen LogP contribution < -0.4 is 5.32 Å². The number of fused-ring (bicyclic) bond motifs is 1. The van der Waals surface area contributed by atoms with E-state index in [2.05, 4.69) is 10.3 Å². The van der Waals surface area contributed by atoms with Gasteiger partial charge in [-0.1, -0.05) is 40.6 Å². The minimum atomic E-state index is -3.38. The number of aryl methyl sites for hydroxylation is 2. The Morgan fingerprint density at radius 1 is 1.19 bits per heavy atom. The Morgan fingerprint density at radius 2 is 1.89 bits per heavy atom. The first-order valence-electron chi connectivity index (χ1n) is 8.40. The van der Waals surface area contributed by atoms with Crippen LogP contribution >= 0.6 is 22.9 Å². The van der Waals surface area contributed by atoms with E-state index in [1.807, 2.05) is 26.0 Å². The molecular weight excluding hydrogens is 404 g/mol. The highest BCUT2D eigenvalue weighted by molar-refractivity contribution is 7.91. The van der Waals surface area contributed by atoms with E-state index < -0.39 is 9.84 Å². The van der Waals surface area contributed by atoms with Crippen LogP contribution in [0.15, 0.2) is 41.3 Å². The summed E-state index contributed by atoms with van der Waals surface area (Å²) >= 11 is 7.39. The van der Waals surface area contributed by atoms with Gasteiger partial charge in [-0.05, 0) is 50.1 Å². The lowest BCUT2D eigenvalue weighted by Crippen LogP contribution is -2.14. The number of thiazole rings is 1. The van der Waals surface area contributed by atoms with Crippen LogP contribution in [0.5, 0.6) is 0 Å². The van der Waals surface area contributed by atoms with Gasteiger partial charge in [0.05, 0.1) is 20.9 Å². The molecule has 0 fully saturated rings. The number of sulfone groups is 1. The van der Waals surface area contributed by atoms with Crippen LogP contribution in [0.4, 0.5) is 5.13 Å². The monoisotopic (exact) mass is 422 g/mol. The predicted octanol–water partition coefficient (Wildman–Crippen LogP) is 4.76. The first-order valence-corrected chi connectivity index (χ1v) is 11.3. The maximum Gasteiger partial charge on any atom is 0.226 e. The largest absolute Gasteiger partial charge is 0.302 e. The number of amides is 1. The molecule has 0 saturated carbocycles. The molecule has 0 bridgehead atoms. The van der Waals surface area contributed by atoms with Crippen molar-refractivity contribution in [2.24, 2.45) is 0 Å². The Labute approximate surface area is 167 Å². The summed E-state index contributed by atoms with van der Waals surface area (Å²) < 4.78 is 25.5. The van der Waals surface area contributed by atoms with E-state index in [0.717, 1.165) is 21.3 Å². The zero-order valence-electron chi connectivity index (χ0n) is 15.0. The summed E-state index contributed by atoms with van der Waals surface area (Å²) in [6.45, 7) is 3.81. The van der Waals surface area contributed by atoms with Crippen molar-refractivity contribution in [3.8, 4) is 0 Å². The zero-order valence-corrected chi connectivity index (χ0v) is 17.3. The van der Waals surface area contributed by atoms with Gasteiger partial charge in [0, 0.05) is 11.4 Å². The van der Waals surface area contributed by atoms with Crippen LogP contribution in [0.2, 0.25) is 5.02 Å². The Balaban J connectivity index is 1.58. The second kappa shape index (κ2) is 7.96. The molecule has 0 spiro atoms. The zero-order chi connectivity index (χ0) is 19.6. The Kier molecular flexibility index (Phi) is 5.83. The van der Waals surface area contributed by atoms with Crippen LogP contribution in [0, 0.1) is 13.8 Å². The summed E-state index contributed by atoms with van der Waals surface area (Å²) in [4.78, 5) is 16.8. The smallest absolute Gasteiger partial charge is 0.226 e. The number of hydrogen-bond acceptors (Lipinski definition) is 5. The van der Waals surface area contributed by atoms with Crippen molar-refractivity contribution in [3.63, 3.8) is 0 Å². The van der Waals surface area contributed by atoms with Crippen molar-refractivity contribution in [3.05, 3.63) is 52.5 Å². The first kappa shape index (κ1) is 19.8. The molecule has 2 aromatic carbocycles. The molecule has 0 saturated heterocycles. The third kappa shape index (κ3) is 4.86. The van der Waals surface area contributed by atoms with Gasteiger partial charge in [-0.15, -0.1) is 0 Å². The van der Waals surface area contributed by atoms with Gasteiger partial charge in [0.15, 0.2) is 15.0 Å². The fourth-order valence-corrected chi connectivity index (χ4v) is 5.32. The van der Waals surface area contributed by atoms with Crippen LogP contribution in [0.1, 0.15) is 24.0 Å². The van der Waals surface area contributed by atoms with E-state index in [1.165, 1.54) is 11.3 Å². The molecule has 3 aromatic rings. The molecule has 0 unspecified atom stereocenters. The summed E-state index contributed by atoms with van der Waals surface area (Å²) in [6, 6.07) is 10.4. The SMILES string of the molecule is Cc1ccc(S(=O)(=O)CCCC(=O)Nc2nc3c(C)cc(Cl)cc3s2)cc1. The van der Waals surface area contributed by atoms with Crippen molar-refractivity contribution in [1.82, 2.24) is 4.98 Å². The second-order valence-electron chi connectivity index (χ2n) is 6.37. The van der Waals surface area contributed by atoms with Crippen LogP contribution in [-0.2, 0) is 14.6 Å². The molecule has 1 N–H and O–H groups in total. The number of hydrogen-bond donors (Lipinski definition) is 1. The molecule has 27 heavy (non-hydrogen) atoms. The topological polar surface area (TPSA) is 76.1 Å². The minimum absolute atomic E-state index is 0.0714. The van der Waals surface area contributed by atoms with Crippen molar-refractivity contribution in [2.45, 2.75) is 31.6 Å². The van der Waals surface area contributed by atoms with Crippen LogP contribution in [0.3, 0.4) is 0 Å². The number of rotatable bonds is 6. The summed E-state index contributed by atoms with van der Waals surface area (Å²) in [5, 5.41) is 3.86. The molecule has 8 heteroatoms. The van der Waals surface area contributed by atoms with Crippen molar-refractivity contribution in [1.29, 1.82) is 0 Å². The molecule has 0 radical (unpaired) electrons. The molecular formula is C19H19ClN2O3S2. The summed E-state index contributed by atoms with van der Waals surface area (Å²) in [5.74, 6) is -0.324. The Hall–Kier alpha value is -1.96. The third-order valence-corrected chi connectivity index (χ3v) is 7.05. The van der Waals surface area contributed by atoms with E-state index in [4.69, 9.17) is 11.6 Å². The van der Waals surface area contributed by atoms with Crippen LogP contribution in [0.25, 0.3) is 10.2 Å². The first-order chi connectivity index (χ1) is 12.7.